The first-order valence-corrected chi connectivity index (χ1v) is 7.03. The highest BCUT2D eigenvalue weighted by molar-refractivity contribution is 5.54. The van der Waals surface area contributed by atoms with Gasteiger partial charge in [-0.1, -0.05) is 31.9 Å². The van der Waals surface area contributed by atoms with Gasteiger partial charge in [0.05, 0.1) is 11.1 Å². The van der Waals surface area contributed by atoms with E-state index in [1.807, 2.05) is 0 Å². The van der Waals surface area contributed by atoms with Crippen LogP contribution in [0.15, 0.2) is 24.3 Å². The molecule has 2 rings (SSSR count). The van der Waals surface area contributed by atoms with E-state index in [0.717, 1.165) is 31.7 Å². The van der Waals surface area contributed by atoms with Crippen molar-refractivity contribution in [3.05, 3.63) is 29.8 Å². The van der Waals surface area contributed by atoms with Crippen molar-refractivity contribution in [1.29, 1.82) is 0 Å². The predicted molar refractivity (Wildman–Crippen MR) is 74.5 cm³/mol. The van der Waals surface area contributed by atoms with Gasteiger partial charge in [0.25, 0.3) is 0 Å². The number of hydrogen-bond acceptors (Lipinski definition) is 2. The van der Waals surface area contributed by atoms with E-state index >= 15 is 0 Å². The van der Waals surface area contributed by atoms with E-state index in [-0.39, 0.29) is 11.6 Å². The van der Waals surface area contributed by atoms with Crippen molar-refractivity contribution in [1.82, 2.24) is 0 Å². The lowest BCUT2D eigenvalue weighted by Crippen LogP contribution is -2.52. The summed E-state index contributed by atoms with van der Waals surface area (Å²) < 4.78 is 39.2. The Hall–Kier alpha value is -1.23. The first-order valence-electron chi connectivity index (χ1n) is 7.03. The van der Waals surface area contributed by atoms with Crippen molar-refractivity contribution < 1.29 is 13.2 Å². The third kappa shape index (κ3) is 2.92. The molecule has 2 nitrogen and oxygen atoms in total. The Bertz CT molecular complexity index is 459. The average Bonchev–Trinajstić information content (AvgIpc) is 2.41. The number of anilines is 1. The van der Waals surface area contributed by atoms with E-state index in [2.05, 4.69) is 12.2 Å². The second-order valence-electron chi connectivity index (χ2n) is 5.68. The lowest BCUT2D eigenvalue weighted by atomic mass is 9.73. The molecule has 0 bridgehead atoms. The van der Waals surface area contributed by atoms with E-state index in [0.29, 0.717) is 6.54 Å². The topological polar surface area (TPSA) is 38.0 Å². The molecule has 2 unspecified atom stereocenters. The van der Waals surface area contributed by atoms with Crippen LogP contribution in [0.1, 0.15) is 38.2 Å². The summed E-state index contributed by atoms with van der Waals surface area (Å²) in [5.74, 6) is 0.266. The number of benzene rings is 1. The summed E-state index contributed by atoms with van der Waals surface area (Å²) in [6, 6.07) is 5.63. The van der Waals surface area contributed by atoms with Crippen LogP contribution < -0.4 is 11.1 Å². The van der Waals surface area contributed by atoms with Crippen LogP contribution in [0.2, 0.25) is 0 Å². The Balaban J connectivity index is 2.33. The van der Waals surface area contributed by atoms with Gasteiger partial charge in [-0.05, 0) is 30.9 Å². The number of para-hydroxylation sites is 1. The summed E-state index contributed by atoms with van der Waals surface area (Å²) in [4.78, 5) is 0. The quantitative estimate of drug-likeness (QED) is 0.880. The SMILES string of the molecule is CC1CCCCC1(CN)Nc1ccccc1C(F)(F)F. The molecule has 1 aromatic carbocycles. The molecule has 1 fully saturated rings. The molecule has 1 aliphatic rings. The zero-order chi connectivity index (χ0) is 14.8. The van der Waals surface area contributed by atoms with Crippen molar-refractivity contribution in [2.75, 3.05) is 11.9 Å². The minimum Gasteiger partial charge on any atom is -0.378 e. The van der Waals surface area contributed by atoms with Gasteiger partial charge in [0, 0.05) is 12.2 Å². The van der Waals surface area contributed by atoms with Crippen molar-refractivity contribution in [3.63, 3.8) is 0 Å². The molecule has 1 aromatic rings. The van der Waals surface area contributed by atoms with Crippen LogP contribution in [-0.4, -0.2) is 12.1 Å². The van der Waals surface area contributed by atoms with Crippen molar-refractivity contribution >= 4 is 5.69 Å². The van der Waals surface area contributed by atoms with E-state index in [4.69, 9.17) is 5.73 Å². The van der Waals surface area contributed by atoms with Crippen LogP contribution >= 0.6 is 0 Å². The van der Waals surface area contributed by atoms with Gasteiger partial charge < -0.3 is 11.1 Å². The summed E-state index contributed by atoms with van der Waals surface area (Å²) in [6.07, 6.45) is -0.416. The zero-order valence-corrected chi connectivity index (χ0v) is 11.6. The molecule has 2 atom stereocenters. The summed E-state index contributed by atoms with van der Waals surface area (Å²) in [5.41, 5.74) is 4.98. The van der Waals surface area contributed by atoms with Gasteiger partial charge in [0.1, 0.15) is 0 Å². The maximum atomic E-state index is 13.1. The van der Waals surface area contributed by atoms with Gasteiger partial charge in [0.15, 0.2) is 0 Å². The Labute approximate surface area is 117 Å². The van der Waals surface area contributed by atoms with Crippen molar-refractivity contribution in [2.45, 2.75) is 44.3 Å². The van der Waals surface area contributed by atoms with Crippen LogP contribution in [0.4, 0.5) is 18.9 Å². The first kappa shape index (κ1) is 15.2. The molecule has 112 valence electrons. The lowest BCUT2D eigenvalue weighted by molar-refractivity contribution is -0.137. The predicted octanol–water partition coefficient (Wildman–Crippen LogP) is 4.02. The lowest BCUT2D eigenvalue weighted by Gasteiger charge is -2.44. The fourth-order valence-corrected chi connectivity index (χ4v) is 3.06. The third-order valence-electron chi connectivity index (χ3n) is 4.43. The highest BCUT2D eigenvalue weighted by atomic mass is 19.4. The molecule has 0 radical (unpaired) electrons. The fourth-order valence-electron chi connectivity index (χ4n) is 3.06. The smallest absolute Gasteiger partial charge is 0.378 e. The third-order valence-corrected chi connectivity index (χ3v) is 4.43. The first-order chi connectivity index (χ1) is 9.39. The number of rotatable bonds is 3. The molecule has 0 amide bonds. The minimum absolute atomic E-state index is 0.138. The summed E-state index contributed by atoms with van der Waals surface area (Å²) in [6.45, 7) is 2.41. The van der Waals surface area contributed by atoms with Crippen LogP contribution in [0.25, 0.3) is 0 Å². The maximum absolute atomic E-state index is 13.1. The Morgan fingerprint density at radius 3 is 2.60 bits per heavy atom. The van der Waals surface area contributed by atoms with Gasteiger partial charge in [-0.2, -0.15) is 13.2 Å². The van der Waals surface area contributed by atoms with Crippen molar-refractivity contribution in [2.24, 2.45) is 11.7 Å². The molecule has 1 aliphatic carbocycles. The number of halogens is 3. The molecule has 0 spiro atoms. The summed E-state index contributed by atoms with van der Waals surface area (Å²) >= 11 is 0. The van der Waals surface area contributed by atoms with Gasteiger partial charge in [-0.15, -0.1) is 0 Å². The fraction of sp³-hybridized carbons (Fsp3) is 0.600. The highest BCUT2D eigenvalue weighted by Crippen LogP contribution is 2.40. The second-order valence-corrected chi connectivity index (χ2v) is 5.68. The van der Waals surface area contributed by atoms with E-state index in [9.17, 15) is 13.2 Å². The second kappa shape index (κ2) is 5.64. The monoisotopic (exact) mass is 286 g/mol. The maximum Gasteiger partial charge on any atom is 0.418 e. The number of alkyl halides is 3. The summed E-state index contributed by atoms with van der Waals surface area (Å²) in [7, 11) is 0. The Kier molecular flexibility index (Phi) is 4.28. The number of nitrogens with two attached hydrogens (primary N) is 1. The normalized spacial score (nSPS) is 27.4. The molecule has 0 aliphatic heterocycles. The standard InChI is InChI=1S/C15H21F3N2/c1-11-6-4-5-9-14(11,10-19)20-13-8-3-2-7-12(13)15(16,17)18/h2-3,7-8,11,20H,4-6,9-10,19H2,1H3. The van der Waals surface area contributed by atoms with Crippen molar-refractivity contribution in [3.8, 4) is 0 Å². The highest BCUT2D eigenvalue weighted by Gasteiger charge is 2.40. The molecule has 20 heavy (non-hydrogen) atoms. The van der Waals surface area contributed by atoms with Gasteiger partial charge in [-0.3, -0.25) is 0 Å². The molecule has 0 saturated heterocycles. The molecular formula is C15H21F3N2. The zero-order valence-electron chi connectivity index (χ0n) is 11.6. The number of hydrogen-bond donors (Lipinski definition) is 2. The molecule has 5 heteroatoms. The van der Waals surface area contributed by atoms with Gasteiger partial charge in [0.2, 0.25) is 0 Å². The number of nitrogens with one attached hydrogen (secondary N) is 1. The van der Waals surface area contributed by atoms with E-state index < -0.39 is 17.3 Å². The summed E-state index contributed by atoms with van der Waals surface area (Å²) in [5, 5.41) is 3.12. The van der Waals surface area contributed by atoms with E-state index in [1.54, 1.807) is 6.07 Å². The molecular weight excluding hydrogens is 265 g/mol. The van der Waals surface area contributed by atoms with Crippen LogP contribution in [0.3, 0.4) is 0 Å². The van der Waals surface area contributed by atoms with Gasteiger partial charge in [-0.25, -0.2) is 0 Å². The van der Waals surface area contributed by atoms with Crippen LogP contribution in [-0.2, 0) is 6.18 Å². The Morgan fingerprint density at radius 2 is 2.00 bits per heavy atom. The van der Waals surface area contributed by atoms with E-state index in [1.165, 1.54) is 12.1 Å². The molecule has 0 heterocycles. The largest absolute Gasteiger partial charge is 0.418 e. The molecule has 3 N–H and O–H groups in total. The van der Waals surface area contributed by atoms with Gasteiger partial charge >= 0.3 is 6.18 Å². The molecule has 1 saturated carbocycles. The minimum atomic E-state index is -4.35. The average molecular weight is 286 g/mol. The van der Waals surface area contributed by atoms with Crippen LogP contribution in [0, 0.1) is 5.92 Å². The molecule has 0 aromatic heterocycles. The Morgan fingerprint density at radius 1 is 1.30 bits per heavy atom. The van der Waals surface area contributed by atoms with Crippen LogP contribution in [0.5, 0.6) is 0 Å².